The van der Waals surface area contributed by atoms with Crippen molar-refractivity contribution < 1.29 is 4.79 Å². The Labute approximate surface area is 144 Å². The van der Waals surface area contributed by atoms with Crippen molar-refractivity contribution in [2.24, 2.45) is 0 Å². The molecular weight excluding hydrogens is 360 g/mol. The molecule has 116 valence electrons. The first-order valence-corrected chi connectivity index (χ1v) is 8.91. The first kappa shape index (κ1) is 15.7. The van der Waals surface area contributed by atoms with E-state index in [9.17, 15) is 4.79 Å². The van der Waals surface area contributed by atoms with Gasteiger partial charge in [0.2, 0.25) is 0 Å². The third-order valence-electron chi connectivity index (χ3n) is 4.19. The molecule has 1 heterocycles. The van der Waals surface area contributed by atoms with Crippen LogP contribution >= 0.6 is 28.1 Å². The second-order valence-corrected chi connectivity index (χ2v) is 7.03. The summed E-state index contributed by atoms with van der Waals surface area (Å²) in [7, 11) is 0. The number of nitrogens with one attached hydrogen (secondary N) is 1. The summed E-state index contributed by atoms with van der Waals surface area (Å²) in [5.41, 5.74) is 3.12. The molecule has 0 radical (unpaired) electrons. The van der Waals surface area contributed by atoms with Crippen molar-refractivity contribution in [1.82, 2.24) is 10.2 Å². The third kappa shape index (κ3) is 2.84. The standard InChI is InChI=1S/C17H19BrN2OS/c1-2-9-20-13-7-4-8-14(21)15(13)16(19-17(20)22)11-5-3-6-12(18)10-11/h3,5-6,10,16H,2,4,7-9H2,1H3,(H,19,22). The van der Waals surface area contributed by atoms with Crippen LogP contribution in [0.1, 0.15) is 44.2 Å². The minimum atomic E-state index is -0.124. The number of carbonyl (C=O) groups excluding carboxylic acids is 1. The lowest BCUT2D eigenvalue weighted by molar-refractivity contribution is -0.116. The lowest BCUT2D eigenvalue weighted by Gasteiger charge is -2.41. The molecule has 5 heteroatoms. The highest BCUT2D eigenvalue weighted by atomic mass is 79.9. The minimum absolute atomic E-state index is 0.124. The fraction of sp³-hybridized carbons (Fsp3) is 0.412. The van der Waals surface area contributed by atoms with Gasteiger partial charge in [0.1, 0.15) is 0 Å². The van der Waals surface area contributed by atoms with Crippen LogP contribution in [0.4, 0.5) is 0 Å². The predicted molar refractivity (Wildman–Crippen MR) is 95.5 cm³/mol. The van der Waals surface area contributed by atoms with Gasteiger partial charge in [-0.3, -0.25) is 4.79 Å². The summed E-state index contributed by atoms with van der Waals surface area (Å²) in [6.45, 7) is 3.00. The summed E-state index contributed by atoms with van der Waals surface area (Å²) in [6, 6.07) is 7.97. The molecule has 1 aromatic rings. The zero-order chi connectivity index (χ0) is 15.7. The molecule has 1 unspecified atom stereocenters. The van der Waals surface area contributed by atoms with E-state index in [2.05, 4.69) is 39.1 Å². The monoisotopic (exact) mass is 378 g/mol. The Morgan fingerprint density at radius 1 is 1.41 bits per heavy atom. The van der Waals surface area contributed by atoms with Crippen LogP contribution in [-0.4, -0.2) is 22.3 Å². The molecule has 3 rings (SSSR count). The maximum Gasteiger partial charge on any atom is 0.173 e. The summed E-state index contributed by atoms with van der Waals surface area (Å²) in [5, 5.41) is 4.12. The van der Waals surface area contributed by atoms with E-state index < -0.39 is 0 Å². The highest BCUT2D eigenvalue weighted by molar-refractivity contribution is 9.10. The van der Waals surface area contributed by atoms with Crippen LogP contribution in [0.5, 0.6) is 0 Å². The summed E-state index contributed by atoms with van der Waals surface area (Å²) < 4.78 is 1.01. The number of rotatable bonds is 3. The van der Waals surface area contributed by atoms with Gasteiger partial charge in [-0.05, 0) is 49.2 Å². The van der Waals surface area contributed by atoms with Crippen molar-refractivity contribution in [3.63, 3.8) is 0 Å². The molecule has 2 aliphatic rings. The second kappa shape index (κ2) is 6.50. The number of ketones is 1. The number of benzene rings is 1. The van der Waals surface area contributed by atoms with E-state index >= 15 is 0 Å². The molecule has 1 aliphatic heterocycles. The van der Waals surface area contributed by atoms with Crippen molar-refractivity contribution in [2.45, 2.75) is 38.6 Å². The van der Waals surface area contributed by atoms with Gasteiger partial charge >= 0.3 is 0 Å². The van der Waals surface area contributed by atoms with Crippen molar-refractivity contribution in [3.05, 3.63) is 45.6 Å². The highest BCUT2D eigenvalue weighted by Crippen LogP contribution is 2.37. The number of nitrogens with zero attached hydrogens (tertiary/aromatic N) is 1. The maximum atomic E-state index is 12.6. The molecule has 1 N–H and O–H groups in total. The normalized spacial score (nSPS) is 21.7. The van der Waals surface area contributed by atoms with Crippen LogP contribution in [0.15, 0.2) is 40.0 Å². The fourth-order valence-electron chi connectivity index (χ4n) is 3.25. The van der Waals surface area contributed by atoms with Crippen LogP contribution in [-0.2, 0) is 4.79 Å². The number of Topliss-reactive ketones (excluding diaryl/α,β-unsaturated/α-hetero) is 1. The van der Waals surface area contributed by atoms with Crippen LogP contribution < -0.4 is 5.32 Å². The van der Waals surface area contributed by atoms with Gasteiger partial charge in [0.15, 0.2) is 10.9 Å². The largest absolute Gasteiger partial charge is 0.351 e. The molecule has 1 aromatic carbocycles. The third-order valence-corrected chi connectivity index (χ3v) is 5.02. The van der Waals surface area contributed by atoms with E-state index in [-0.39, 0.29) is 11.8 Å². The molecule has 0 amide bonds. The Hall–Kier alpha value is -1.20. The number of thiocarbonyl (C=S) groups is 1. The lowest BCUT2D eigenvalue weighted by Crippen LogP contribution is -2.49. The first-order valence-electron chi connectivity index (χ1n) is 7.71. The summed E-state index contributed by atoms with van der Waals surface area (Å²) in [5.74, 6) is 0.252. The zero-order valence-electron chi connectivity index (χ0n) is 12.6. The van der Waals surface area contributed by atoms with Gasteiger partial charge in [0.25, 0.3) is 0 Å². The van der Waals surface area contributed by atoms with E-state index in [1.165, 1.54) is 0 Å². The average molecular weight is 379 g/mol. The van der Waals surface area contributed by atoms with Crippen LogP contribution in [0.25, 0.3) is 0 Å². The molecule has 1 atom stereocenters. The Morgan fingerprint density at radius 3 is 2.95 bits per heavy atom. The van der Waals surface area contributed by atoms with Gasteiger partial charge in [-0.2, -0.15) is 0 Å². The highest BCUT2D eigenvalue weighted by Gasteiger charge is 2.36. The zero-order valence-corrected chi connectivity index (χ0v) is 15.0. The molecule has 0 bridgehead atoms. The van der Waals surface area contributed by atoms with E-state index in [0.29, 0.717) is 6.42 Å². The topological polar surface area (TPSA) is 32.3 Å². The van der Waals surface area contributed by atoms with Crippen LogP contribution in [0.3, 0.4) is 0 Å². The maximum absolute atomic E-state index is 12.6. The van der Waals surface area contributed by atoms with Gasteiger partial charge in [-0.15, -0.1) is 0 Å². The van der Waals surface area contributed by atoms with Gasteiger partial charge < -0.3 is 10.2 Å². The molecule has 0 fully saturated rings. The Kier molecular flexibility index (Phi) is 4.64. The van der Waals surface area contributed by atoms with Crippen molar-refractivity contribution in [3.8, 4) is 0 Å². The van der Waals surface area contributed by atoms with Crippen LogP contribution in [0, 0.1) is 0 Å². The number of carbonyl (C=O) groups is 1. The van der Waals surface area contributed by atoms with E-state index in [1.807, 2.05) is 18.2 Å². The van der Waals surface area contributed by atoms with E-state index in [4.69, 9.17) is 12.2 Å². The van der Waals surface area contributed by atoms with Crippen LogP contribution in [0.2, 0.25) is 0 Å². The molecule has 0 saturated carbocycles. The number of halogens is 1. The smallest absolute Gasteiger partial charge is 0.173 e. The van der Waals surface area contributed by atoms with Crippen molar-refractivity contribution in [1.29, 1.82) is 0 Å². The van der Waals surface area contributed by atoms with E-state index in [0.717, 1.165) is 52.2 Å². The average Bonchev–Trinajstić information content (AvgIpc) is 2.50. The second-order valence-electron chi connectivity index (χ2n) is 5.73. The Bertz CT molecular complexity index is 656. The SMILES string of the molecule is CCCN1C(=S)NC(c2cccc(Br)c2)C2=C1CCCC2=O. The van der Waals surface area contributed by atoms with Crippen molar-refractivity contribution in [2.75, 3.05) is 6.54 Å². The van der Waals surface area contributed by atoms with Gasteiger partial charge in [0.05, 0.1) is 6.04 Å². The Balaban J connectivity index is 2.09. The quantitative estimate of drug-likeness (QED) is 0.802. The molecule has 0 saturated heterocycles. The summed E-state index contributed by atoms with van der Waals surface area (Å²) in [4.78, 5) is 14.7. The van der Waals surface area contributed by atoms with Gasteiger partial charge in [0, 0.05) is 28.7 Å². The molecular formula is C17H19BrN2OS. The predicted octanol–water partition coefficient (Wildman–Crippen LogP) is 4.10. The fourth-order valence-corrected chi connectivity index (χ4v) is 3.98. The van der Waals surface area contributed by atoms with E-state index in [1.54, 1.807) is 0 Å². The number of allylic oxidation sites excluding steroid dienone is 1. The van der Waals surface area contributed by atoms with Crippen molar-refractivity contribution >= 4 is 39.0 Å². The van der Waals surface area contributed by atoms with Gasteiger partial charge in [-0.1, -0.05) is 35.0 Å². The van der Waals surface area contributed by atoms with Gasteiger partial charge in [-0.25, -0.2) is 0 Å². The first-order chi connectivity index (χ1) is 10.6. The minimum Gasteiger partial charge on any atom is -0.351 e. The molecule has 22 heavy (non-hydrogen) atoms. The molecule has 3 nitrogen and oxygen atoms in total. The molecule has 1 aliphatic carbocycles. The number of hydrogen-bond acceptors (Lipinski definition) is 2. The summed E-state index contributed by atoms with van der Waals surface area (Å²) >= 11 is 9.08. The summed E-state index contributed by atoms with van der Waals surface area (Å²) in [6.07, 6.45) is 3.51. The number of hydrogen-bond donors (Lipinski definition) is 1. The molecule has 0 spiro atoms. The Morgan fingerprint density at radius 2 is 2.23 bits per heavy atom. The lowest BCUT2D eigenvalue weighted by atomic mass is 9.85. The molecule has 0 aromatic heterocycles.